The highest BCUT2D eigenvalue weighted by Crippen LogP contribution is 2.37. The van der Waals surface area contributed by atoms with Crippen LogP contribution < -0.4 is 14.8 Å². The predicted octanol–water partition coefficient (Wildman–Crippen LogP) is 2.35. The van der Waals surface area contributed by atoms with Crippen molar-refractivity contribution < 1.29 is 19.1 Å². The number of nitrogens with one attached hydrogen (secondary N) is 1. The lowest BCUT2D eigenvalue weighted by molar-refractivity contribution is -0.125. The number of ether oxygens (including phenoxy) is 2. The molecule has 1 aliphatic rings. The maximum atomic E-state index is 12.7. The van der Waals surface area contributed by atoms with E-state index in [1.807, 2.05) is 6.92 Å². The van der Waals surface area contributed by atoms with Crippen LogP contribution in [0.1, 0.15) is 30.1 Å². The molecule has 0 aromatic heterocycles. The first kappa shape index (κ1) is 18.4. The summed E-state index contributed by atoms with van der Waals surface area (Å²) in [6.45, 7) is 3.40. The van der Waals surface area contributed by atoms with Crippen molar-refractivity contribution in [2.24, 2.45) is 5.92 Å². The van der Waals surface area contributed by atoms with Gasteiger partial charge in [-0.15, -0.1) is 0 Å². The van der Waals surface area contributed by atoms with E-state index in [0.717, 1.165) is 0 Å². The maximum Gasteiger partial charge on any atom is 0.254 e. The van der Waals surface area contributed by atoms with Crippen LogP contribution in [0.5, 0.6) is 11.5 Å². The molecule has 1 aromatic rings. The molecule has 132 valence electrons. The Kier molecular flexibility index (Phi) is 6.31. The van der Waals surface area contributed by atoms with Gasteiger partial charge < -0.3 is 19.7 Å². The Hall–Kier alpha value is -1.95. The van der Waals surface area contributed by atoms with Crippen LogP contribution in [-0.4, -0.2) is 50.6 Å². The zero-order valence-electron chi connectivity index (χ0n) is 14.2. The zero-order chi connectivity index (χ0) is 17.7. The summed E-state index contributed by atoms with van der Waals surface area (Å²) in [6, 6.07) is 3.24. The minimum atomic E-state index is -0.117. The number of likely N-dealkylation sites (tertiary alicyclic amines) is 1. The Morgan fingerprint density at radius 1 is 1.33 bits per heavy atom. The summed E-state index contributed by atoms with van der Waals surface area (Å²) >= 11 is 6.23. The molecule has 1 saturated heterocycles. The lowest BCUT2D eigenvalue weighted by atomic mass is 9.95. The first-order chi connectivity index (χ1) is 11.5. The third-order valence-electron chi connectivity index (χ3n) is 4.16. The first-order valence-electron chi connectivity index (χ1n) is 8.03. The van der Waals surface area contributed by atoms with E-state index in [-0.39, 0.29) is 17.7 Å². The van der Waals surface area contributed by atoms with E-state index in [1.54, 1.807) is 24.1 Å². The van der Waals surface area contributed by atoms with E-state index in [0.29, 0.717) is 54.6 Å². The number of piperidine rings is 1. The molecule has 1 aromatic carbocycles. The van der Waals surface area contributed by atoms with Gasteiger partial charge in [-0.1, -0.05) is 11.6 Å². The summed E-state index contributed by atoms with van der Waals surface area (Å²) in [6.07, 6.45) is 1.32. The fourth-order valence-electron chi connectivity index (χ4n) is 2.86. The van der Waals surface area contributed by atoms with E-state index in [2.05, 4.69) is 5.32 Å². The second kappa shape index (κ2) is 8.24. The fraction of sp³-hybridized carbons (Fsp3) is 0.529. The summed E-state index contributed by atoms with van der Waals surface area (Å²) in [4.78, 5) is 26.1. The van der Waals surface area contributed by atoms with Crippen LogP contribution in [0, 0.1) is 5.92 Å². The molecule has 0 bridgehead atoms. The van der Waals surface area contributed by atoms with E-state index in [4.69, 9.17) is 21.1 Å². The van der Waals surface area contributed by atoms with Gasteiger partial charge in [0.1, 0.15) is 0 Å². The average molecular weight is 355 g/mol. The minimum Gasteiger partial charge on any atom is -0.493 e. The van der Waals surface area contributed by atoms with Crippen LogP contribution in [0.3, 0.4) is 0 Å². The van der Waals surface area contributed by atoms with Crippen LogP contribution >= 0.6 is 11.6 Å². The molecule has 1 aliphatic heterocycles. The van der Waals surface area contributed by atoms with Crippen molar-refractivity contribution in [3.8, 4) is 11.5 Å². The Morgan fingerprint density at radius 3 is 2.54 bits per heavy atom. The van der Waals surface area contributed by atoms with Crippen molar-refractivity contribution in [2.45, 2.75) is 19.8 Å². The van der Waals surface area contributed by atoms with Crippen molar-refractivity contribution in [3.05, 3.63) is 22.7 Å². The normalized spacial score (nSPS) is 15.1. The van der Waals surface area contributed by atoms with Gasteiger partial charge in [-0.05, 0) is 31.9 Å². The van der Waals surface area contributed by atoms with Gasteiger partial charge in [-0.3, -0.25) is 9.59 Å². The van der Waals surface area contributed by atoms with E-state index >= 15 is 0 Å². The molecule has 24 heavy (non-hydrogen) atoms. The van der Waals surface area contributed by atoms with Crippen molar-refractivity contribution in [3.63, 3.8) is 0 Å². The van der Waals surface area contributed by atoms with Gasteiger partial charge in [0, 0.05) is 31.6 Å². The standard InChI is InChI=1S/C17H23ClN2O4/c1-4-24-15-13(18)9-12(10-14(15)23-3)17(22)20-7-5-11(6-8-20)16(21)19-2/h9-11H,4-8H2,1-3H3,(H,19,21). The van der Waals surface area contributed by atoms with Gasteiger partial charge in [0.25, 0.3) is 5.91 Å². The fourth-order valence-corrected chi connectivity index (χ4v) is 3.12. The Bertz CT molecular complexity index is 613. The summed E-state index contributed by atoms with van der Waals surface area (Å²) in [7, 11) is 3.14. The van der Waals surface area contributed by atoms with Crippen LogP contribution in [0.25, 0.3) is 0 Å². The van der Waals surface area contributed by atoms with Gasteiger partial charge >= 0.3 is 0 Å². The molecule has 7 heteroatoms. The van der Waals surface area contributed by atoms with Gasteiger partial charge in [0.15, 0.2) is 11.5 Å². The Balaban J connectivity index is 2.13. The molecule has 0 aliphatic carbocycles. The smallest absolute Gasteiger partial charge is 0.254 e. The van der Waals surface area contributed by atoms with Crippen LogP contribution in [-0.2, 0) is 4.79 Å². The number of carbonyl (C=O) groups is 2. The third-order valence-corrected chi connectivity index (χ3v) is 4.45. The molecule has 1 heterocycles. The molecule has 0 unspecified atom stereocenters. The van der Waals surface area contributed by atoms with Gasteiger partial charge in [-0.2, -0.15) is 0 Å². The van der Waals surface area contributed by atoms with Crippen molar-refractivity contribution in [2.75, 3.05) is 33.9 Å². The number of halogens is 1. The lowest BCUT2D eigenvalue weighted by Gasteiger charge is -2.31. The molecule has 0 saturated carbocycles. The molecule has 2 amide bonds. The highest BCUT2D eigenvalue weighted by atomic mass is 35.5. The molecular formula is C17H23ClN2O4. The number of methoxy groups -OCH3 is 1. The molecule has 2 rings (SSSR count). The number of nitrogens with zero attached hydrogens (tertiary/aromatic N) is 1. The molecule has 6 nitrogen and oxygen atoms in total. The summed E-state index contributed by atoms with van der Waals surface area (Å²) in [5.41, 5.74) is 0.457. The summed E-state index contributed by atoms with van der Waals surface area (Å²) in [5, 5.41) is 3.01. The zero-order valence-corrected chi connectivity index (χ0v) is 15.0. The molecular weight excluding hydrogens is 332 g/mol. The number of hydrogen-bond donors (Lipinski definition) is 1. The monoisotopic (exact) mass is 354 g/mol. The van der Waals surface area contributed by atoms with Crippen molar-refractivity contribution in [1.29, 1.82) is 0 Å². The summed E-state index contributed by atoms with van der Waals surface area (Å²) in [5.74, 6) is 0.767. The van der Waals surface area contributed by atoms with Gasteiger partial charge in [0.05, 0.1) is 18.7 Å². The minimum absolute atomic E-state index is 0.0301. The largest absolute Gasteiger partial charge is 0.493 e. The van der Waals surface area contributed by atoms with Crippen molar-refractivity contribution >= 4 is 23.4 Å². The molecule has 0 atom stereocenters. The van der Waals surface area contributed by atoms with Crippen LogP contribution in [0.15, 0.2) is 12.1 Å². The SMILES string of the molecule is CCOc1c(Cl)cc(C(=O)N2CCC(C(=O)NC)CC2)cc1OC. The lowest BCUT2D eigenvalue weighted by Crippen LogP contribution is -2.42. The Labute approximate surface area is 147 Å². The van der Waals surface area contributed by atoms with Gasteiger partial charge in [-0.25, -0.2) is 0 Å². The second-order valence-corrected chi connectivity index (χ2v) is 6.01. The molecule has 1 N–H and O–H groups in total. The number of amides is 2. The molecule has 0 spiro atoms. The summed E-state index contributed by atoms with van der Waals surface area (Å²) < 4.78 is 10.8. The number of rotatable bonds is 5. The highest BCUT2D eigenvalue weighted by molar-refractivity contribution is 6.32. The molecule has 0 radical (unpaired) electrons. The Morgan fingerprint density at radius 2 is 2.00 bits per heavy atom. The van der Waals surface area contributed by atoms with Crippen LogP contribution in [0.4, 0.5) is 0 Å². The van der Waals surface area contributed by atoms with E-state index < -0.39 is 0 Å². The maximum absolute atomic E-state index is 12.7. The first-order valence-corrected chi connectivity index (χ1v) is 8.40. The van der Waals surface area contributed by atoms with Gasteiger partial charge in [0.2, 0.25) is 5.91 Å². The number of carbonyl (C=O) groups excluding carboxylic acids is 2. The van der Waals surface area contributed by atoms with E-state index in [1.165, 1.54) is 7.11 Å². The van der Waals surface area contributed by atoms with E-state index in [9.17, 15) is 9.59 Å². The number of hydrogen-bond acceptors (Lipinski definition) is 4. The average Bonchev–Trinajstić information content (AvgIpc) is 2.62. The van der Waals surface area contributed by atoms with Crippen LogP contribution in [0.2, 0.25) is 5.02 Å². The topological polar surface area (TPSA) is 67.9 Å². The predicted molar refractivity (Wildman–Crippen MR) is 91.9 cm³/mol. The molecule has 1 fully saturated rings. The number of benzene rings is 1. The highest BCUT2D eigenvalue weighted by Gasteiger charge is 2.28. The third kappa shape index (κ3) is 3.93. The second-order valence-electron chi connectivity index (χ2n) is 5.60. The quantitative estimate of drug-likeness (QED) is 0.881. The van der Waals surface area contributed by atoms with Crippen molar-refractivity contribution in [1.82, 2.24) is 10.2 Å².